The monoisotopic (exact) mass is 340 g/mol. The highest BCUT2D eigenvalue weighted by Crippen LogP contribution is 2.24. The topological polar surface area (TPSA) is 59.8 Å². The number of aromatic nitrogens is 3. The van der Waals surface area contributed by atoms with E-state index < -0.39 is 0 Å². The van der Waals surface area contributed by atoms with E-state index in [1.54, 1.807) is 6.20 Å². The van der Waals surface area contributed by atoms with Crippen molar-refractivity contribution < 1.29 is 4.79 Å². The molecule has 0 fully saturated rings. The van der Waals surface area contributed by atoms with Crippen LogP contribution >= 0.6 is 11.3 Å². The zero-order chi connectivity index (χ0) is 16.8. The van der Waals surface area contributed by atoms with Crippen LogP contribution in [0.25, 0.3) is 5.13 Å². The van der Waals surface area contributed by atoms with Crippen molar-refractivity contribution in [2.75, 3.05) is 0 Å². The highest BCUT2D eigenvalue weighted by Gasteiger charge is 2.18. The minimum Gasteiger partial charge on any atom is -0.346 e. The Kier molecular flexibility index (Phi) is 5.38. The second-order valence-electron chi connectivity index (χ2n) is 5.47. The number of amides is 1. The maximum Gasteiger partial charge on any atom is 0.263 e. The van der Waals surface area contributed by atoms with Crippen LogP contribution in [0.1, 0.15) is 40.8 Å². The Hall–Kier alpha value is -2.47. The number of hydrogen-bond acceptors (Lipinski definition) is 4. The number of nitrogens with zero attached hydrogens (tertiary/aromatic N) is 3. The Morgan fingerprint density at radius 3 is 2.79 bits per heavy atom. The molecule has 0 spiro atoms. The fourth-order valence-corrected chi connectivity index (χ4v) is 3.35. The quantitative estimate of drug-likeness (QED) is 0.715. The second kappa shape index (κ2) is 7.88. The first-order valence-corrected chi connectivity index (χ1v) is 8.90. The second-order valence-corrected chi connectivity index (χ2v) is 6.45. The lowest BCUT2D eigenvalue weighted by atomic mass is 10.2. The van der Waals surface area contributed by atoms with Crippen LogP contribution in [0.3, 0.4) is 0 Å². The molecule has 0 aliphatic rings. The molecule has 0 aliphatic heterocycles. The van der Waals surface area contributed by atoms with Crippen LogP contribution in [0.2, 0.25) is 0 Å². The summed E-state index contributed by atoms with van der Waals surface area (Å²) in [5.41, 5.74) is 1.72. The van der Waals surface area contributed by atoms with Gasteiger partial charge >= 0.3 is 0 Å². The molecule has 0 bridgehead atoms. The molecule has 1 amide bonds. The average Bonchev–Trinajstić information content (AvgIpc) is 3.28. The molecule has 0 radical (unpaired) electrons. The molecule has 0 saturated carbocycles. The van der Waals surface area contributed by atoms with Gasteiger partial charge in [0.15, 0.2) is 5.13 Å². The van der Waals surface area contributed by atoms with Crippen LogP contribution in [0, 0.1) is 0 Å². The largest absolute Gasteiger partial charge is 0.346 e. The lowest BCUT2D eigenvalue weighted by Gasteiger charge is -2.04. The molecule has 3 rings (SSSR count). The third-order valence-electron chi connectivity index (χ3n) is 3.64. The van der Waals surface area contributed by atoms with E-state index in [1.165, 1.54) is 11.3 Å². The molecule has 1 N–H and O–H groups in total. The average molecular weight is 340 g/mol. The third kappa shape index (κ3) is 3.89. The fraction of sp³-hybridized carbons (Fsp3) is 0.278. The van der Waals surface area contributed by atoms with Gasteiger partial charge in [0.2, 0.25) is 0 Å². The number of carbonyl (C=O) groups excluding carboxylic acids is 1. The summed E-state index contributed by atoms with van der Waals surface area (Å²) in [5.74, 6) is -0.0809. The molecule has 3 aromatic rings. The number of thiazole rings is 1. The van der Waals surface area contributed by atoms with Gasteiger partial charge in [0, 0.05) is 18.6 Å². The Balaban J connectivity index is 1.78. The van der Waals surface area contributed by atoms with Crippen LogP contribution in [-0.4, -0.2) is 20.4 Å². The molecule has 0 aliphatic carbocycles. The van der Waals surface area contributed by atoms with E-state index in [2.05, 4.69) is 22.2 Å². The molecule has 5 nitrogen and oxygen atoms in total. The van der Waals surface area contributed by atoms with Gasteiger partial charge in [0.25, 0.3) is 5.91 Å². The lowest BCUT2D eigenvalue weighted by molar-refractivity contribution is 0.0953. The standard InChI is InChI=1S/C18H20N4OS/c1-2-3-9-15-16(24-18(21-15)22-11-6-7-12-22)17(23)20-13-14-8-4-5-10-19-14/h4-8,10-12H,2-3,9,13H2,1H3,(H,20,23). The van der Waals surface area contributed by atoms with E-state index in [0.29, 0.717) is 11.4 Å². The van der Waals surface area contributed by atoms with Gasteiger partial charge in [-0.05, 0) is 37.1 Å². The molecule has 0 unspecified atom stereocenters. The van der Waals surface area contributed by atoms with Gasteiger partial charge in [-0.2, -0.15) is 0 Å². The number of carbonyl (C=O) groups is 1. The summed E-state index contributed by atoms with van der Waals surface area (Å²) >= 11 is 1.43. The van der Waals surface area contributed by atoms with Crippen LogP contribution in [-0.2, 0) is 13.0 Å². The van der Waals surface area contributed by atoms with E-state index in [-0.39, 0.29) is 5.91 Å². The first-order valence-electron chi connectivity index (χ1n) is 8.09. The fourth-order valence-electron chi connectivity index (χ4n) is 2.36. The zero-order valence-corrected chi connectivity index (χ0v) is 14.4. The Morgan fingerprint density at radius 2 is 2.08 bits per heavy atom. The summed E-state index contributed by atoms with van der Waals surface area (Å²) < 4.78 is 1.94. The highest BCUT2D eigenvalue weighted by atomic mass is 32.1. The summed E-state index contributed by atoms with van der Waals surface area (Å²) in [7, 11) is 0. The summed E-state index contributed by atoms with van der Waals surface area (Å²) in [6.07, 6.45) is 8.53. The van der Waals surface area contributed by atoms with Crippen molar-refractivity contribution in [3.63, 3.8) is 0 Å². The predicted octanol–water partition coefficient (Wildman–Crippen LogP) is 3.60. The zero-order valence-electron chi connectivity index (χ0n) is 13.6. The minimum absolute atomic E-state index is 0.0809. The molecule has 3 heterocycles. The number of rotatable bonds is 7. The summed E-state index contributed by atoms with van der Waals surface area (Å²) in [6.45, 7) is 2.56. The summed E-state index contributed by atoms with van der Waals surface area (Å²) in [5, 5.41) is 3.78. The third-order valence-corrected chi connectivity index (χ3v) is 4.75. The normalized spacial score (nSPS) is 10.7. The van der Waals surface area contributed by atoms with Crippen molar-refractivity contribution in [3.8, 4) is 5.13 Å². The number of aryl methyl sites for hydroxylation is 1. The minimum atomic E-state index is -0.0809. The van der Waals surface area contributed by atoms with Gasteiger partial charge < -0.3 is 9.88 Å². The summed E-state index contributed by atoms with van der Waals surface area (Å²) in [4.78, 5) is 22.2. The van der Waals surface area contributed by atoms with E-state index in [0.717, 1.165) is 35.8 Å². The van der Waals surface area contributed by atoms with Crippen LogP contribution in [0.4, 0.5) is 0 Å². The Morgan fingerprint density at radius 1 is 1.25 bits per heavy atom. The summed E-state index contributed by atoms with van der Waals surface area (Å²) in [6, 6.07) is 9.58. The van der Waals surface area contributed by atoms with Gasteiger partial charge in [-0.3, -0.25) is 9.78 Å². The van der Waals surface area contributed by atoms with Gasteiger partial charge in [-0.25, -0.2) is 4.98 Å². The van der Waals surface area contributed by atoms with Crippen molar-refractivity contribution in [2.45, 2.75) is 32.7 Å². The van der Waals surface area contributed by atoms with Gasteiger partial charge in [-0.15, -0.1) is 0 Å². The molecular formula is C18H20N4OS. The van der Waals surface area contributed by atoms with Gasteiger partial charge in [-0.1, -0.05) is 30.7 Å². The smallest absolute Gasteiger partial charge is 0.263 e. The molecular weight excluding hydrogens is 320 g/mol. The van der Waals surface area contributed by atoms with E-state index in [1.807, 2.05) is 47.3 Å². The molecule has 0 saturated heterocycles. The Bertz CT molecular complexity index is 781. The first-order chi connectivity index (χ1) is 11.8. The van der Waals surface area contributed by atoms with Crippen molar-refractivity contribution in [1.82, 2.24) is 19.9 Å². The van der Waals surface area contributed by atoms with Crippen molar-refractivity contribution in [1.29, 1.82) is 0 Å². The molecule has 0 aromatic carbocycles. The highest BCUT2D eigenvalue weighted by molar-refractivity contribution is 7.16. The molecule has 6 heteroatoms. The SMILES string of the molecule is CCCCc1nc(-n2cccc2)sc1C(=O)NCc1ccccn1. The van der Waals surface area contributed by atoms with Crippen LogP contribution in [0.5, 0.6) is 0 Å². The van der Waals surface area contributed by atoms with Crippen LogP contribution in [0.15, 0.2) is 48.9 Å². The lowest BCUT2D eigenvalue weighted by Crippen LogP contribution is -2.23. The number of pyridine rings is 1. The van der Waals surface area contributed by atoms with Crippen LogP contribution < -0.4 is 5.32 Å². The number of unbranched alkanes of at least 4 members (excludes halogenated alkanes) is 1. The van der Waals surface area contributed by atoms with Crippen molar-refractivity contribution in [2.24, 2.45) is 0 Å². The molecule has 3 aromatic heterocycles. The van der Waals surface area contributed by atoms with Gasteiger partial charge in [0.05, 0.1) is 17.9 Å². The van der Waals surface area contributed by atoms with Gasteiger partial charge in [0.1, 0.15) is 4.88 Å². The number of hydrogen-bond donors (Lipinski definition) is 1. The maximum atomic E-state index is 12.6. The van der Waals surface area contributed by atoms with E-state index >= 15 is 0 Å². The Labute approximate surface area is 145 Å². The van der Waals surface area contributed by atoms with E-state index in [4.69, 9.17) is 0 Å². The predicted molar refractivity (Wildman–Crippen MR) is 95.5 cm³/mol. The molecule has 0 atom stereocenters. The van der Waals surface area contributed by atoms with Crippen molar-refractivity contribution >= 4 is 17.2 Å². The molecule has 24 heavy (non-hydrogen) atoms. The van der Waals surface area contributed by atoms with Crippen molar-refractivity contribution in [3.05, 3.63) is 65.2 Å². The number of nitrogens with one attached hydrogen (secondary N) is 1. The molecule has 124 valence electrons. The maximum absolute atomic E-state index is 12.6. The first kappa shape index (κ1) is 16.4. The van der Waals surface area contributed by atoms with E-state index in [9.17, 15) is 4.79 Å².